The average molecular weight is 292 g/mol. The first-order valence-corrected chi connectivity index (χ1v) is 6.98. The van der Waals surface area contributed by atoms with Crippen LogP contribution in [-0.4, -0.2) is 15.9 Å². The summed E-state index contributed by atoms with van der Waals surface area (Å²) in [4.78, 5) is 19.7. The number of fused-ring (bicyclic) bond motifs is 1. The Labute approximate surface area is 128 Å². The van der Waals surface area contributed by atoms with Crippen LogP contribution in [-0.2, 0) is 4.79 Å². The molecule has 1 aromatic heterocycles. The number of nitrogens with zero attached hydrogens (tertiary/aromatic N) is 2. The van der Waals surface area contributed by atoms with E-state index in [2.05, 4.69) is 26.7 Å². The van der Waals surface area contributed by atoms with Crippen LogP contribution < -0.4 is 10.6 Å². The van der Waals surface area contributed by atoms with Crippen LogP contribution in [0.4, 0.5) is 17.2 Å². The van der Waals surface area contributed by atoms with Crippen molar-refractivity contribution in [3.05, 3.63) is 54.4 Å². The minimum Gasteiger partial charge on any atom is -0.340 e. The van der Waals surface area contributed by atoms with Crippen LogP contribution in [0.2, 0.25) is 0 Å². The number of hydrogen-bond donors (Lipinski definition) is 2. The molecule has 1 heterocycles. The molecule has 0 atom stereocenters. The molecule has 5 heteroatoms. The van der Waals surface area contributed by atoms with E-state index in [9.17, 15) is 4.79 Å². The molecule has 0 saturated carbocycles. The van der Waals surface area contributed by atoms with E-state index in [4.69, 9.17) is 0 Å². The number of rotatable bonds is 3. The predicted molar refractivity (Wildman–Crippen MR) is 88.3 cm³/mol. The quantitative estimate of drug-likeness (QED) is 0.773. The van der Waals surface area contributed by atoms with Crippen molar-refractivity contribution in [2.45, 2.75) is 13.8 Å². The van der Waals surface area contributed by atoms with Gasteiger partial charge in [0, 0.05) is 23.7 Å². The summed E-state index contributed by atoms with van der Waals surface area (Å²) in [5.41, 5.74) is 3.64. The lowest BCUT2D eigenvalue weighted by Crippen LogP contribution is -2.05. The maximum Gasteiger partial charge on any atom is 0.221 e. The topological polar surface area (TPSA) is 66.9 Å². The van der Waals surface area contributed by atoms with Gasteiger partial charge in [-0.25, -0.2) is 9.97 Å². The van der Waals surface area contributed by atoms with E-state index in [1.165, 1.54) is 13.3 Å². The molecule has 22 heavy (non-hydrogen) atoms. The van der Waals surface area contributed by atoms with Gasteiger partial charge in [-0.1, -0.05) is 17.7 Å². The van der Waals surface area contributed by atoms with Crippen molar-refractivity contribution in [1.29, 1.82) is 0 Å². The first kappa shape index (κ1) is 14.0. The Bertz CT molecular complexity index is 845. The third-order valence-corrected chi connectivity index (χ3v) is 3.24. The van der Waals surface area contributed by atoms with Crippen molar-refractivity contribution in [2.75, 3.05) is 10.6 Å². The second kappa shape index (κ2) is 5.81. The molecular formula is C17H16N4O. The molecule has 110 valence electrons. The van der Waals surface area contributed by atoms with Crippen molar-refractivity contribution in [3.63, 3.8) is 0 Å². The summed E-state index contributed by atoms with van der Waals surface area (Å²) in [5, 5.41) is 7.02. The Morgan fingerprint density at radius 2 is 1.86 bits per heavy atom. The zero-order valence-corrected chi connectivity index (χ0v) is 12.4. The maximum atomic E-state index is 11.1. The molecule has 3 aromatic rings. The van der Waals surface area contributed by atoms with Crippen molar-refractivity contribution in [3.8, 4) is 0 Å². The number of aryl methyl sites for hydroxylation is 1. The predicted octanol–water partition coefficient (Wildman–Crippen LogP) is 3.64. The number of carbonyl (C=O) groups is 1. The third-order valence-electron chi connectivity index (χ3n) is 3.24. The summed E-state index contributed by atoms with van der Waals surface area (Å²) < 4.78 is 0. The number of benzene rings is 2. The molecule has 0 spiro atoms. The summed E-state index contributed by atoms with van der Waals surface area (Å²) in [7, 11) is 0. The molecule has 0 radical (unpaired) electrons. The summed E-state index contributed by atoms with van der Waals surface area (Å²) in [6, 6.07) is 13.6. The van der Waals surface area contributed by atoms with Crippen molar-refractivity contribution < 1.29 is 4.79 Å². The van der Waals surface area contributed by atoms with Crippen LogP contribution in [0.3, 0.4) is 0 Å². The SMILES string of the molecule is CC(=O)Nc1cccc(Nc2ncnc3ccc(C)cc23)c1. The number of amides is 1. The molecule has 0 bridgehead atoms. The van der Waals surface area contributed by atoms with Crippen molar-refractivity contribution >= 4 is 34.0 Å². The highest BCUT2D eigenvalue weighted by Crippen LogP contribution is 2.25. The monoisotopic (exact) mass is 292 g/mol. The van der Waals surface area contributed by atoms with Gasteiger partial charge in [-0.15, -0.1) is 0 Å². The lowest BCUT2D eigenvalue weighted by molar-refractivity contribution is -0.114. The van der Waals surface area contributed by atoms with Crippen LogP contribution in [0.15, 0.2) is 48.8 Å². The van der Waals surface area contributed by atoms with E-state index in [-0.39, 0.29) is 5.91 Å². The largest absolute Gasteiger partial charge is 0.340 e. The molecule has 2 aromatic carbocycles. The zero-order valence-electron chi connectivity index (χ0n) is 12.4. The summed E-state index contributed by atoms with van der Waals surface area (Å²) in [6.07, 6.45) is 1.54. The van der Waals surface area contributed by atoms with Gasteiger partial charge in [0.15, 0.2) is 0 Å². The van der Waals surface area contributed by atoms with Gasteiger partial charge in [-0.2, -0.15) is 0 Å². The molecule has 0 fully saturated rings. The smallest absolute Gasteiger partial charge is 0.221 e. The molecular weight excluding hydrogens is 276 g/mol. The number of hydrogen-bond acceptors (Lipinski definition) is 4. The second-order valence-electron chi connectivity index (χ2n) is 5.13. The second-order valence-corrected chi connectivity index (χ2v) is 5.13. The van der Waals surface area contributed by atoms with E-state index in [0.717, 1.165) is 33.7 Å². The van der Waals surface area contributed by atoms with Crippen LogP contribution >= 0.6 is 0 Å². The highest BCUT2D eigenvalue weighted by Gasteiger charge is 2.05. The molecule has 5 nitrogen and oxygen atoms in total. The minimum absolute atomic E-state index is 0.0970. The average Bonchev–Trinajstić information content (AvgIpc) is 2.47. The van der Waals surface area contributed by atoms with Gasteiger partial charge in [-0.05, 0) is 37.3 Å². The Balaban J connectivity index is 1.96. The molecule has 0 aliphatic rings. The highest BCUT2D eigenvalue weighted by atomic mass is 16.1. The van der Waals surface area contributed by atoms with Gasteiger partial charge in [0.05, 0.1) is 5.52 Å². The van der Waals surface area contributed by atoms with E-state index in [1.807, 2.05) is 43.3 Å². The number of nitrogens with one attached hydrogen (secondary N) is 2. The summed E-state index contributed by atoms with van der Waals surface area (Å²) in [6.45, 7) is 3.52. The molecule has 0 saturated heterocycles. The molecule has 0 aliphatic heterocycles. The van der Waals surface area contributed by atoms with Crippen LogP contribution in [0.5, 0.6) is 0 Å². The van der Waals surface area contributed by atoms with Gasteiger partial charge in [0.25, 0.3) is 0 Å². The minimum atomic E-state index is -0.0970. The van der Waals surface area contributed by atoms with Crippen LogP contribution in [0, 0.1) is 6.92 Å². The third kappa shape index (κ3) is 3.03. The standard InChI is InChI=1S/C17H16N4O/c1-11-6-7-16-15(8-11)17(19-10-18-16)21-14-5-3-4-13(9-14)20-12(2)22/h3-10H,1-2H3,(H,20,22)(H,18,19,21). The maximum absolute atomic E-state index is 11.1. The summed E-state index contributed by atoms with van der Waals surface area (Å²) >= 11 is 0. The Hall–Kier alpha value is -2.95. The van der Waals surface area contributed by atoms with E-state index in [1.54, 1.807) is 0 Å². The lowest BCUT2D eigenvalue weighted by atomic mass is 10.1. The van der Waals surface area contributed by atoms with E-state index < -0.39 is 0 Å². The lowest BCUT2D eigenvalue weighted by Gasteiger charge is -2.10. The Morgan fingerprint density at radius 3 is 2.68 bits per heavy atom. The van der Waals surface area contributed by atoms with Crippen LogP contribution in [0.1, 0.15) is 12.5 Å². The summed E-state index contributed by atoms with van der Waals surface area (Å²) in [5.74, 6) is 0.647. The highest BCUT2D eigenvalue weighted by molar-refractivity contribution is 5.92. The molecule has 2 N–H and O–H groups in total. The molecule has 0 aliphatic carbocycles. The fourth-order valence-corrected chi connectivity index (χ4v) is 2.28. The van der Waals surface area contributed by atoms with Gasteiger partial charge >= 0.3 is 0 Å². The molecule has 1 amide bonds. The van der Waals surface area contributed by atoms with Gasteiger partial charge in [-0.3, -0.25) is 4.79 Å². The van der Waals surface area contributed by atoms with E-state index >= 15 is 0 Å². The zero-order chi connectivity index (χ0) is 15.5. The van der Waals surface area contributed by atoms with E-state index in [0.29, 0.717) is 0 Å². The van der Waals surface area contributed by atoms with Gasteiger partial charge in [0.1, 0.15) is 12.1 Å². The van der Waals surface area contributed by atoms with Crippen molar-refractivity contribution in [1.82, 2.24) is 9.97 Å². The first-order valence-electron chi connectivity index (χ1n) is 6.98. The van der Waals surface area contributed by atoms with Crippen LogP contribution in [0.25, 0.3) is 10.9 Å². The normalized spacial score (nSPS) is 10.5. The number of carbonyl (C=O) groups excluding carboxylic acids is 1. The van der Waals surface area contributed by atoms with Gasteiger partial charge in [0.2, 0.25) is 5.91 Å². The first-order chi connectivity index (χ1) is 10.6. The fraction of sp³-hybridized carbons (Fsp3) is 0.118. The Kier molecular flexibility index (Phi) is 3.70. The Morgan fingerprint density at radius 1 is 1.05 bits per heavy atom. The van der Waals surface area contributed by atoms with Gasteiger partial charge < -0.3 is 10.6 Å². The number of anilines is 3. The molecule has 3 rings (SSSR count). The fourth-order valence-electron chi connectivity index (χ4n) is 2.28. The van der Waals surface area contributed by atoms with Crippen molar-refractivity contribution in [2.24, 2.45) is 0 Å². The number of aromatic nitrogens is 2. The molecule has 0 unspecified atom stereocenters.